The minimum Gasteiger partial charge on any atom is -0.491 e. The molecule has 0 radical (unpaired) electrons. The molecule has 2 aliphatic rings. The number of piperazine rings is 1. The molecule has 4 rings (SSSR count). The maximum absolute atomic E-state index is 12.2. The Morgan fingerprint density at radius 1 is 1.19 bits per heavy atom. The Balaban J connectivity index is 0.000000180. The van der Waals surface area contributed by atoms with Gasteiger partial charge in [0.1, 0.15) is 18.2 Å². The van der Waals surface area contributed by atoms with E-state index in [0.717, 1.165) is 37.5 Å². The number of carbonyl (C=O) groups excluding carboxylic acids is 1. The standard InChI is InChI=1S/C13H18N2O2.C7H6FNO/c16-12-8-10-7-11(1-2-13(10)17-9-12)15-5-3-14-4-6-15;8-6-3-1-5(2-4-6)7(9)10/h1-2,7,12,14,16H,3-6,8-9H2;1-4H,(H2,9,10). The fourth-order valence-electron chi connectivity index (χ4n) is 3.10. The normalized spacial score (nSPS) is 18.6. The number of nitrogens with two attached hydrogens (primary N) is 1. The zero-order valence-corrected chi connectivity index (χ0v) is 15.0. The summed E-state index contributed by atoms with van der Waals surface area (Å²) in [6, 6.07) is 11.4. The second-order valence-corrected chi connectivity index (χ2v) is 6.57. The third-order valence-corrected chi connectivity index (χ3v) is 4.54. The van der Waals surface area contributed by atoms with Gasteiger partial charge < -0.3 is 25.8 Å². The molecule has 0 aliphatic carbocycles. The highest BCUT2D eigenvalue weighted by molar-refractivity contribution is 5.92. The van der Waals surface area contributed by atoms with E-state index in [1.54, 1.807) is 0 Å². The number of amides is 1. The van der Waals surface area contributed by atoms with Gasteiger partial charge in [-0.2, -0.15) is 0 Å². The number of nitrogens with one attached hydrogen (secondary N) is 1. The lowest BCUT2D eigenvalue weighted by atomic mass is 10.0. The van der Waals surface area contributed by atoms with Gasteiger partial charge in [-0.15, -0.1) is 0 Å². The molecule has 0 aromatic heterocycles. The summed E-state index contributed by atoms with van der Waals surface area (Å²) in [6.07, 6.45) is 0.343. The predicted molar refractivity (Wildman–Crippen MR) is 102 cm³/mol. The van der Waals surface area contributed by atoms with Crippen molar-refractivity contribution in [2.75, 3.05) is 37.7 Å². The van der Waals surface area contributed by atoms with E-state index in [0.29, 0.717) is 18.6 Å². The third kappa shape index (κ3) is 5.18. The van der Waals surface area contributed by atoms with Crippen LogP contribution in [-0.4, -0.2) is 49.9 Å². The van der Waals surface area contributed by atoms with Crippen LogP contribution in [0.3, 0.4) is 0 Å². The molecule has 2 heterocycles. The average Bonchev–Trinajstić information content (AvgIpc) is 2.69. The Morgan fingerprint density at radius 3 is 2.56 bits per heavy atom. The third-order valence-electron chi connectivity index (χ3n) is 4.54. The van der Waals surface area contributed by atoms with E-state index in [2.05, 4.69) is 22.3 Å². The van der Waals surface area contributed by atoms with Crippen LogP contribution >= 0.6 is 0 Å². The zero-order valence-electron chi connectivity index (χ0n) is 15.0. The van der Waals surface area contributed by atoms with Crippen LogP contribution in [0, 0.1) is 5.82 Å². The Morgan fingerprint density at radius 2 is 1.89 bits per heavy atom. The SMILES string of the molecule is NC(=O)c1ccc(F)cc1.OC1COc2ccc(N3CCNCC3)cc2C1. The number of rotatable bonds is 2. The van der Waals surface area contributed by atoms with Crippen LogP contribution in [0.5, 0.6) is 5.75 Å². The van der Waals surface area contributed by atoms with Crippen LogP contribution in [0.25, 0.3) is 0 Å². The fourth-order valence-corrected chi connectivity index (χ4v) is 3.10. The highest BCUT2D eigenvalue weighted by atomic mass is 19.1. The van der Waals surface area contributed by atoms with Gasteiger partial charge in [0.05, 0.1) is 6.10 Å². The number of aliphatic hydroxyl groups excluding tert-OH is 1. The van der Waals surface area contributed by atoms with Crippen LogP contribution in [0.4, 0.5) is 10.1 Å². The highest BCUT2D eigenvalue weighted by Gasteiger charge is 2.19. The Labute approximate surface area is 157 Å². The topological polar surface area (TPSA) is 87.8 Å². The van der Waals surface area contributed by atoms with Crippen molar-refractivity contribution in [1.29, 1.82) is 0 Å². The van der Waals surface area contributed by atoms with Gasteiger partial charge in [0.15, 0.2) is 0 Å². The maximum atomic E-state index is 12.2. The molecule has 0 saturated carbocycles. The van der Waals surface area contributed by atoms with Crippen molar-refractivity contribution in [3.05, 3.63) is 59.4 Å². The number of primary amides is 1. The van der Waals surface area contributed by atoms with Crippen molar-refractivity contribution >= 4 is 11.6 Å². The first kappa shape index (κ1) is 19.1. The number of nitrogens with zero attached hydrogens (tertiary/aromatic N) is 1. The van der Waals surface area contributed by atoms with Crippen molar-refractivity contribution < 1.29 is 19.0 Å². The lowest BCUT2D eigenvalue weighted by molar-refractivity contribution is 0.0921. The van der Waals surface area contributed by atoms with Crippen molar-refractivity contribution in [2.24, 2.45) is 5.73 Å². The van der Waals surface area contributed by atoms with Crippen LogP contribution in [0.15, 0.2) is 42.5 Å². The molecule has 7 heteroatoms. The molecule has 1 saturated heterocycles. The summed E-state index contributed by atoms with van der Waals surface area (Å²) < 4.78 is 17.7. The lowest BCUT2D eigenvalue weighted by Crippen LogP contribution is -2.43. The van der Waals surface area contributed by atoms with Crippen LogP contribution in [0.1, 0.15) is 15.9 Å². The fraction of sp³-hybridized carbons (Fsp3) is 0.350. The first-order chi connectivity index (χ1) is 13.0. The molecular weight excluding hydrogens is 349 g/mol. The molecule has 0 bridgehead atoms. The molecule has 4 N–H and O–H groups in total. The molecule has 1 unspecified atom stereocenters. The van der Waals surface area contributed by atoms with Crippen molar-refractivity contribution in [3.63, 3.8) is 0 Å². The number of anilines is 1. The molecule has 1 amide bonds. The molecule has 2 aliphatic heterocycles. The Hall–Kier alpha value is -2.64. The Kier molecular flexibility index (Phi) is 6.26. The molecule has 2 aromatic rings. The van der Waals surface area contributed by atoms with E-state index in [1.807, 2.05) is 6.07 Å². The number of benzene rings is 2. The second kappa shape index (κ2) is 8.83. The summed E-state index contributed by atoms with van der Waals surface area (Å²) in [7, 11) is 0. The summed E-state index contributed by atoms with van der Waals surface area (Å²) in [6.45, 7) is 4.58. The summed E-state index contributed by atoms with van der Waals surface area (Å²) >= 11 is 0. The molecule has 144 valence electrons. The number of halogens is 1. The molecule has 27 heavy (non-hydrogen) atoms. The summed E-state index contributed by atoms with van der Waals surface area (Å²) in [5, 5.41) is 13.0. The summed E-state index contributed by atoms with van der Waals surface area (Å²) in [5.74, 6) is 0.0131. The van der Waals surface area contributed by atoms with E-state index < -0.39 is 5.91 Å². The van der Waals surface area contributed by atoms with Crippen LogP contribution in [-0.2, 0) is 6.42 Å². The predicted octanol–water partition coefficient (Wildman–Crippen LogP) is 1.32. The molecule has 6 nitrogen and oxygen atoms in total. The molecular formula is C20H24FN3O3. The molecule has 0 spiro atoms. The van der Waals surface area contributed by atoms with E-state index >= 15 is 0 Å². The first-order valence-electron chi connectivity index (χ1n) is 8.98. The minimum atomic E-state index is -0.542. The summed E-state index contributed by atoms with van der Waals surface area (Å²) in [4.78, 5) is 12.8. The van der Waals surface area contributed by atoms with Gasteiger partial charge in [-0.25, -0.2) is 4.39 Å². The monoisotopic (exact) mass is 373 g/mol. The van der Waals surface area contributed by atoms with E-state index in [4.69, 9.17) is 10.5 Å². The first-order valence-corrected chi connectivity index (χ1v) is 8.98. The number of carbonyl (C=O) groups is 1. The van der Waals surface area contributed by atoms with Crippen molar-refractivity contribution in [3.8, 4) is 5.75 Å². The molecule has 1 atom stereocenters. The van der Waals surface area contributed by atoms with Gasteiger partial charge in [-0.3, -0.25) is 4.79 Å². The van der Waals surface area contributed by atoms with Gasteiger partial charge in [0.25, 0.3) is 0 Å². The Bertz CT molecular complexity index is 777. The summed E-state index contributed by atoms with van der Waals surface area (Å²) in [5.41, 5.74) is 7.59. The van der Waals surface area contributed by atoms with Gasteiger partial charge >= 0.3 is 0 Å². The van der Waals surface area contributed by atoms with Gasteiger partial charge in [-0.1, -0.05) is 0 Å². The molecule has 2 aromatic carbocycles. The molecule has 1 fully saturated rings. The van der Waals surface area contributed by atoms with Crippen molar-refractivity contribution in [1.82, 2.24) is 5.32 Å². The maximum Gasteiger partial charge on any atom is 0.248 e. The largest absolute Gasteiger partial charge is 0.491 e. The van der Waals surface area contributed by atoms with Gasteiger partial charge in [0.2, 0.25) is 5.91 Å². The number of hydrogen-bond acceptors (Lipinski definition) is 5. The number of aliphatic hydroxyl groups is 1. The number of hydrogen-bond donors (Lipinski definition) is 3. The quantitative estimate of drug-likeness (QED) is 0.739. The highest BCUT2D eigenvalue weighted by Crippen LogP contribution is 2.29. The second-order valence-electron chi connectivity index (χ2n) is 6.57. The van der Waals surface area contributed by atoms with Crippen molar-refractivity contribution in [2.45, 2.75) is 12.5 Å². The van der Waals surface area contributed by atoms with E-state index in [1.165, 1.54) is 30.0 Å². The van der Waals surface area contributed by atoms with Gasteiger partial charge in [-0.05, 0) is 48.0 Å². The minimum absolute atomic E-state index is 0.321. The van der Waals surface area contributed by atoms with E-state index in [-0.39, 0.29) is 11.9 Å². The smallest absolute Gasteiger partial charge is 0.248 e. The lowest BCUT2D eigenvalue weighted by Gasteiger charge is -2.31. The van der Waals surface area contributed by atoms with Gasteiger partial charge in [0, 0.05) is 43.9 Å². The average molecular weight is 373 g/mol. The number of fused-ring (bicyclic) bond motifs is 1. The van der Waals surface area contributed by atoms with Crippen LogP contribution in [0.2, 0.25) is 0 Å². The zero-order chi connectivity index (χ0) is 19.2. The van der Waals surface area contributed by atoms with E-state index in [9.17, 15) is 14.3 Å². The van der Waals surface area contributed by atoms with Crippen LogP contribution < -0.4 is 20.7 Å². The number of ether oxygens (including phenoxy) is 1.